The van der Waals surface area contributed by atoms with Gasteiger partial charge in [-0.1, -0.05) is 0 Å². The summed E-state index contributed by atoms with van der Waals surface area (Å²) in [5.41, 5.74) is 0.221. The van der Waals surface area contributed by atoms with Crippen LogP contribution < -0.4 is 20.1 Å². The van der Waals surface area contributed by atoms with Crippen molar-refractivity contribution in [1.82, 2.24) is 10.6 Å². The Morgan fingerprint density at radius 3 is 2.67 bits per heavy atom. The molecule has 0 saturated heterocycles. The molecule has 0 spiro atoms. The Labute approximate surface area is 120 Å². The summed E-state index contributed by atoms with van der Waals surface area (Å²) in [6.45, 7) is 1.46. The number of esters is 1. The summed E-state index contributed by atoms with van der Waals surface area (Å²) in [4.78, 5) is 34.5. The lowest BCUT2D eigenvalue weighted by Crippen LogP contribution is -2.43. The van der Waals surface area contributed by atoms with Crippen LogP contribution in [0.4, 0.5) is 4.79 Å². The molecule has 2 rings (SSSR count). The van der Waals surface area contributed by atoms with Gasteiger partial charge < -0.3 is 19.5 Å². The van der Waals surface area contributed by atoms with Crippen molar-refractivity contribution in [2.75, 3.05) is 13.8 Å². The predicted octanol–water partition coefficient (Wildman–Crippen LogP) is 0.416. The van der Waals surface area contributed by atoms with Crippen LogP contribution in [0.2, 0.25) is 0 Å². The number of urea groups is 1. The smallest absolute Gasteiger partial charge is 0.339 e. The fourth-order valence-corrected chi connectivity index (χ4v) is 1.58. The van der Waals surface area contributed by atoms with Gasteiger partial charge in [-0.05, 0) is 25.1 Å². The summed E-state index contributed by atoms with van der Waals surface area (Å²) in [5.74, 6) is -0.444. The fourth-order valence-electron chi connectivity index (χ4n) is 1.58. The predicted molar refractivity (Wildman–Crippen MR) is 70.0 cm³/mol. The maximum absolute atomic E-state index is 11.9. The molecule has 1 aromatic carbocycles. The topological polar surface area (TPSA) is 103 Å². The molecule has 2 N–H and O–H groups in total. The number of nitrogens with one attached hydrogen (secondary N) is 2. The van der Waals surface area contributed by atoms with E-state index in [1.807, 2.05) is 5.32 Å². The van der Waals surface area contributed by atoms with Gasteiger partial charge in [-0.15, -0.1) is 0 Å². The molecule has 21 heavy (non-hydrogen) atoms. The van der Waals surface area contributed by atoms with Gasteiger partial charge in [-0.25, -0.2) is 9.59 Å². The zero-order chi connectivity index (χ0) is 15.4. The van der Waals surface area contributed by atoms with Gasteiger partial charge in [-0.2, -0.15) is 0 Å². The number of amides is 3. The van der Waals surface area contributed by atoms with Crippen LogP contribution in [0.3, 0.4) is 0 Å². The average molecular weight is 294 g/mol. The number of benzene rings is 1. The lowest BCUT2D eigenvalue weighted by Gasteiger charge is -2.12. The molecule has 1 heterocycles. The van der Waals surface area contributed by atoms with Crippen LogP contribution in [0.25, 0.3) is 0 Å². The van der Waals surface area contributed by atoms with E-state index in [0.717, 1.165) is 0 Å². The van der Waals surface area contributed by atoms with Crippen LogP contribution in [-0.2, 0) is 9.53 Å². The third-order valence-electron chi connectivity index (χ3n) is 2.73. The Hall–Kier alpha value is -2.77. The number of imide groups is 1. The van der Waals surface area contributed by atoms with Crippen molar-refractivity contribution in [3.63, 3.8) is 0 Å². The molecule has 8 heteroatoms. The minimum absolute atomic E-state index is 0.0960. The second kappa shape index (κ2) is 6.12. The average Bonchev–Trinajstić information content (AvgIpc) is 2.94. The second-order valence-corrected chi connectivity index (χ2v) is 4.18. The van der Waals surface area contributed by atoms with Gasteiger partial charge in [0.1, 0.15) is 0 Å². The zero-order valence-electron chi connectivity index (χ0n) is 11.5. The monoisotopic (exact) mass is 294 g/mol. The van der Waals surface area contributed by atoms with Crippen molar-refractivity contribution < 1.29 is 28.6 Å². The van der Waals surface area contributed by atoms with Crippen LogP contribution in [0.15, 0.2) is 18.2 Å². The van der Waals surface area contributed by atoms with Crippen LogP contribution in [0.1, 0.15) is 17.3 Å². The number of ether oxygens (including phenoxy) is 3. The molecule has 1 atom stereocenters. The van der Waals surface area contributed by atoms with E-state index in [1.54, 1.807) is 6.07 Å². The van der Waals surface area contributed by atoms with Crippen molar-refractivity contribution in [3.05, 3.63) is 23.8 Å². The molecule has 0 unspecified atom stereocenters. The van der Waals surface area contributed by atoms with E-state index < -0.39 is 24.0 Å². The first-order chi connectivity index (χ1) is 10.0. The summed E-state index contributed by atoms with van der Waals surface area (Å²) in [5, 5.41) is 4.24. The summed E-state index contributed by atoms with van der Waals surface area (Å²) >= 11 is 0. The van der Waals surface area contributed by atoms with E-state index in [-0.39, 0.29) is 12.4 Å². The van der Waals surface area contributed by atoms with Crippen molar-refractivity contribution >= 4 is 17.9 Å². The molecule has 8 nitrogen and oxygen atoms in total. The van der Waals surface area contributed by atoms with Crippen LogP contribution in [0.5, 0.6) is 11.5 Å². The Balaban J connectivity index is 1.97. The number of hydrogen-bond acceptors (Lipinski definition) is 6. The van der Waals surface area contributed by atoms with Gasteiger partial charge in [0, 0.05) is 7.05 Å². The first-order valence-electron chi connectivity index (χ1n) is 6.14. The van der Waals surface area contributed by atoms with Gasteiger partial charge in [0.15, 0.2) is 17.6 Å². The Morgan fingerprint density at radius 2 is 1.95 bits per heavy atom. The molecule has 112 valence electrons. The Morgan fingerprint density at radius 1 is 1.24 bits per heavy atom. The normalized spacial score (nSPS) is 13.2. The molecule has 1 aromatic rings. The summed E-state index contributed by atoms with van der Waals surface area (Å²) in [6.07, 6.45) is -1.11. The maximum Gasteiger partial charge on any atom is 0.339 e. The SMILES string of the molecule is CNC(=O)NC(=O)[C@@H](C)OC(=O)c1ccc2c(c1)OCO2. The van der Waals surface area contributed by atoms with Gasteiger partial charge in [0.05, 0.1) is 5.56 Å². The van der Waals surface area contributed by atoms with E-state index in [0.29, 0.717) is 11.5 Å². The standard InChI is InChI=1S/C13H14N2O6/c1-7(11(16)15-13(18)14-2)21-12(17)8-3-4-9-10(5-8)20-6-19-9/h3-5,7H,6H2,1-2H3,(H2,14,15,16,18)/t7-/m1/s1. The number of carbonyl (C=O) groups excluding carboxylic acids is 3. The molecular weight excluding hydrogens is 280 g/mol. The zero-order valence-corrected chi connectivity index (χ0v) is 11.5. The number of hydrogen-bond donors (Lipinski definition) is 2. The molecule has 0 radical (unpaired) electrons. The van der Waals surface area contributed by atoms with E-state index in [1.165, 1.54) is 26.1 Å². The van der Waals surface area contributed by atoms with Crippen molar-refractivity contribution in [2.45, 2.75) is 13.0 Å². The Kier molecular flexibility index (Phi) is 4.27. The number of rotatable bonds is 3. The molecule has 3 amide bonds. The van der Waals surface area contributed by atoms with Gasteiger partial charge in [-0.3, -0.25) is 10.1 Å². The van der Waals surface area contributed by atoms with E-state index in [2.05, 4.69) is 5.32 Å². The van der Waals surface area contributed by atoms with Gasteiger partial charge >= 0.3 is 12.0 Å². The minimum atomic E-state index is -1.11. The van der Waals surface area contributed by atoms with Crippen LogP contribution in [0, 0.1) is 0 Å². The highest BCUT2D eigenvalue weighted by molar-refractivity contribution is 5.98. The van der Waals surface area contributed by atoms with Crippen LogP contribution in [-0.4, -0.2) is 37.9 Å². The molecule has 1 aliphatic rings. The number of fused-ring (bicyclic) bond motifs is 1. The third-order valence-corrected chi connectivity index (χ3v) is 2.73. The van der Waals surface area contributed by atoms with Crippen LogP contribution >= 0.6 is 0 Å². The summed E-state index contributed by atoms with van der Waals surface area (Å²) < 4.78 is 15.2. The lowest BCUT2D eigenvalue weighted by atomic mass is 10.2. The largest absolute Gasteiger partial charge is 0.454 e. The highest BCUT2D eigenvalue weighted by Gasteiger charge is 2.22. The fraction of sp³-hybridized carbons (Fsp3) is 0.308. The van der Waals surface area contributed by atoms with Crippen molar-refractivity contribution in [1.29, 1.82) is 0 Å². The molecule has 0 bridgehead atoms. The van der Waals surface area contributed by atoms with Crippen molar-refractivity contribution in [3.8, 4) is 11.5 Å². The second-order valence-electron chi connectivity index (χ2n) is 4.18. The molecule has 0 fully saturated rings. The highest BCUT2D eigenvalue weighted by atomic mass is 16.7. The summed E-state index contributed by atoms with van der Waals surface area (Å²) in [6, 6.07) is 3.87. The first kappa shape index (κ1) is 14.6. The molecule has 1 aliphatic heterocycles. The first-order valence-corrected chi connectivity index (χ1v) is 6.14. The maximum atomic E-state index is 11.9. The van der Waals surface area contributed by atoms with Gasteiger partial charge in [0.2, 0.25) is 6.79 Å². The van der Waals surface area contributed by atoms with E-state index in [9.17, 15) is 14.4 Å². The lowest BCUT2D eigenvalue weighted by molar-refractivity contribution is -0.127. The highest BCUT2D eigenvalue weighted by Crippen LogP contribution is 2.32. The van der Waals surface area contributed by atoms with E-state index in [4.69, 9.17) is 14.2 Å². The molecule has 0 aliphatic carbocycles. The molecule has 0 aromatic heterocycles. The molecule has 0 saturated carbocycles. The Bertz CT molecular complexity index is 586. The van der Waals surface area contributed by atoms with Crippen molar-refractivity contribution in [2.24, 2.45) is 0 Å². The quantitative estimate of drug-likeness (QED) is 0.783. The van der Waals surface area contributed by atoms with Gasteiger partial charge in [0.25, 0.3) is 5.91 Å². The minimum Gasteiger partial charge on any atom is -0.454 e. The van der Waals surface area contributed by atoms with E-state index >= 15 is 0 Å². The molecular formula is C13H14N2O6. The number of carbonyl (C=O) groups is 3. The third kappa shape index (κ3) is 3.41. The summed E-state index contributed by atoms with van der Waals surface area (Å²) in [7, 11) is 1.37.